The number of halogens is 4. The molecular formula is C14H12Br4N2. The predicted molar refractivity (Wildman–Crippen MR) is 97.5 cm³/mol. The molecule has 0 amide bonds. The molecule has 106 valence electrons. The highest BCUT2D eigenvalue weighted by Crippen LogP contribution is 2.31. The third-order valence-electron chi connectivity index (χ3n) is 2.93. The summed E-state index contributed by atoms with van der Waals surface area (Å²) in [4.78, 5) is 0. The lowest BCUT2D eigenvalue weighted by molar-refractivity contribution is 0.573. The number of hydrogen-bond donors (Lipinski definition) is 2. The first-order valence-electron chi connectivity index (χ1n) is 5.80. The van der Waals surface area contributed by atoms with Gasteiger partial charge >= 0.3 is 0 Å². The van der Waals surface area contributed by atoms with Crippen molar-refractivity contribution in [1.82, 2.24) is 0 Å². The van der Waals surface area contributed by atoms with Gasteiger partial charge in [-0.25, -0.2) is 0 Å². The highest BCUT2D eigenvalue weighted by Gasteiger charge is 2.19. The Morgan fingerprint density at radius 3 is 1.05 bits per heavy atom. The van der Waals surface area contributed by atoms with Crippen LogP contribution in [0.1, 0.15) is 23.2 Å². The van der Waals surface area contributed by atoms with Gasteiger partial charge in [-0.3, -0.25) is 0 Å². The maximum absolute atomic E-state index is 6.31. The molecule has 2 atom stereocenters. The maximum Gasteiger partial charge on any atom is 0.0491 e. The SMILES string of the molecule is NC(c1cc(Br)cc(Br)c1)C(N)c1cc(Br)cc(Br)c1. The fourth-order valence-corrected chi connectivity index (χ4v) is 4.61. The van der Waals surface area contributed by atoms with E-state index in [1.54, 1.807) is 0 Å². The molecule has 4 N–H and O–H groups in total. The number of benzene rings is 2. The van der Waals surface area contributed by atoms with Crippen LogP contribution in [-0.4, -0.2) is 0 Å². The van der Waals surface area contributed by atoms with Gasteiger partial charge in [-0.05, 0) is 47.5 Å². The van der Waals surface area contributed by atoms with Crippen LogP contribution in [0.5, 0.6) is 0 Å². The Morgan fingerprint density at radius 2 is 0.800 bits per heavy atom. The van der Waals surface area contributed by atoms with Gasteiger partial charge in [0.05, 0.1) is 0 Å². The fraction of sp³-hybridized carbons (Fsp3) is 0.143. The molecule has 2 nitrogen and oxygen atoms in total. The Morgan fingerprint density at radius 1 is 0.550 bits per heavy atom. The summed E-state index contributed by atoms with van der Waals surface area (Å²) in [6.07, 6.45) is 0. The predicted octanol–water partition coefficient (Wildman–Crippen LogP) is 5.44. The van der Waals surface area contributed by atoms with Gasteiger partial charge in [0.2, 0.25) is 0 Å². The molecule has 2 aromatic carbocycles. The summed E-state index contributed by atoms with van der Waals surface area (Å²) in [5.74, 6) is 0. The lowest BCUT2D eigenvalue weighted by Crippen LogP contribution is -2.26. The van der Waals surface area contributed by atoms with Crippen molar-refractivity contribution in [2.75, 3.05) is 0 Å². The van der Waals surface area contributed by atoms with Crippen LogP contribution < -0.4 is 11.5 Å². The summed E-state index contributed by atoms with van der Waals surface area (Å²) in [5.41, 5.74) is 14.6. The number of nitrogens with two attached hydrogens (primary N) is 2. The van der Waals surface area contributed by atoms with Gasteiger partial charge in [0, 0.05) is 30.0 Å². The van der Waals surface area contributed by atoms with Crippen LogP contribution in [0, 0.1) is 0 Å². The molecule has 0 saturated heterocycles. The van der Waals surface area contributed by atoms with Crippen molar-refractivity contribution >= 4 is 63.7 Å². The van der Waals surface area contributed by atoms with Gasteiger partial charge in [-0.2, -0.15) is 0 Å². The summed E-state index contributed by atoms with van der Waals surface area (Å²) in [6.45, 7) is 0. The number of hydrogen-bond acceptors (Lipinski definition) is 2. The first-order valence-corrected chi connectivity index (χ1v) is 8.97. The summed E-state index contributed by atoms with van der Waals surface area (Å²) >= 11 is 13.9. The van der Waals surface area contributed by atoms with Gasteiger partial charge in [-0.1, -0.05) is 63.7 Å². The van der Waals surface area contributed by atoms with Crippen molar-refractivity contribution in [3.63, 3.8) is 0 Å². The smallest absolute Gasteiger partial charge is 0.0491 e. The van der Waals surface area contributed by atoms with Crippen LogP contribution in [0.4, 0.5) is 0 Å². The summed E-state index contributed by atoms with van der Waals surface area (Å²) in [7, 11) is 0. The molecule has 0 aromatic heterocycles. The van der Waals surface area contributed by atoms with Crippen LogP contribution in [-0.2, 0) is 0 Å². The second-order valence-corrected chi connectivity index (χ2v) is 8.12. The largest absolute Gasteiger partial charge is 0.322 e. The van der Waals surface area contributed by atoms with E-state index in [9.17, 15) is 0 Å². The van der Waals surface area contributed by atoms with Crippen molar-refractivity contribution in [3.05, 3.63) is 65.4 Å². The maximum atomic E-state index is 6.31. The molecule has 0 aliphatic rings. The summed E-state index contributed by atoms with van der Waals surface area (Å²) in [5, 5.41) is 0. The highest BCUT2D eigenvalue weighted by atomic mass is 79.9. The van der Waals surface area contributed by atoms with E-state index in [2.05, 4.69) is 63.7 Å². The van der Waals surface area contributed by atoms with Gasteiger partial charge < -0.3 is 11.5 Å². The Balaban J connectivity index is 2.34. The van der Waals surface area contributed by atoms with Crippen LogP contribution in [0.3, 0.4) is 0 Å². The minimum atomic E-state index is -0.287. The zero-order chi connectivity index (χ0) is 14.9. The standard InChI is InChI=1S/C14H12Br4N2/c15-9-1-7(2-10(16)5-9)13(19)14(20)8-3-11(17)6-12(18)4-8/h1-6,13-14H,19-20H2. The van der Waals surface area contributed by atoms with Gasteiger partial charge in [-0.15, -0.1) is 0 Å². The minimum Gasteiger partial charge on any atom is -0.322 e. The van der Waals surface area contributed by atoms with Crippen molar-refractivity contribution < 1.29 is 0 Å². The monoisotopic (exact) mass is 524 g/mol. The van der Waals surface area contributed by atoms with E-state index in [-0.39, 0.29) is 12.1 Å². The molecular weight excluding hydrogens is 516 g/mol. The van der Waals surface area contributed by atoms with Gasteiger partial charge in [0.1, 0.15) is 0 Å². The van der Waals surface area contributed by atoms with E-state index in [1.807, 2.05) is 36.4 Å². The van der Waals surface area contributed by atoms with Gasteiger partial charge in [0.15, 0.2) is 0 Å². The van der Waals surface area contributed by atoms with E-state index >= 15 is 0 Å². The summed E-state index contributed by atoms with van der Waals surface area (Å²) in [6, 6.07) is 11.3. The molecule has 0 spiro atoms. The molecule has 0 fully saturated rings. The third kappa shape index (κ3) is 4.15. The first-order chi connectivity index (χ1) is 9.36. The highest BCUT2D eigenvalue weighted by molar-refractivity contribution is 9.11. The zero-order valence-corrected chi connectivity index (χ0v) is 16.6. The van der Waals surface area contributed by atoms with Crippen molar-refractivity contribution in [2.24, 2.45) is 11.5 Å². The Bertz CT molecular complexity index is 535. The Labute approximate surface area is 151 Å². The summed E-state index contributed by atoms with van der Waals surface area (Å²) < 4.78 is 3.89. The second-order valence-electron chi connectivity index (χ2n) is 4.46. The molecule has 2 rings (SSSR count). The van der Waals surface area contributed by atoms with Crippen molar-refractivity contribution in [3.8, 4) is 0 Å². The molecule has 0 radical (unpaired) electrons. The quantitative estimate of drug-likeness (QED) is 0.559. The van der Waals surface area contributed by atoms with Crippen LogP contribution in [0.2, 0.25) is 0 Å². The first kappa shape index (κ1) is 16.6. The lowest BCUT2D eigenvalue weighted by Gasteiger charge is -2.22. The van der Waals surface area contributed by atoms with E-state index in [0.29, 0.717) is 0 Å². The molecule has 0 aliphatic carbocycles. The molecule has 0 saturated carbocycles. The lowest BCUT2D eigenvalue weighted by atomic mass is 9.95. The van der Waals surface area contributed by atoms with Gasteiger partial charge in [0.25, 0.3) is 0 Å². The van der Waals surface area contributed by atoms with Crippen LogP contribution >= 0.6 is 63.7 Å². The minimum absolute atomic E-state index is 0.287. The molecule has 6 heteroatoms. The topological polar surface area (TPSA) is 52.0 Å². The second kappa shape index (κ2) is 7.03. The third-order valence-corrected chi connectivity index (χ3v) is 4.76. The molecule has 0 heterocycles. The van der Waals surface area contributed by atoms with Crippen molar-refractivity contribution in [2.45, 2.75) is 12.1 Å². The average Bonchev–Trinajstić information content (AvgIpc) is 2.34. The van der Waals surface area contributed by atoms with E-state index in [0.717, 1.165) is 29.0 Å². The van der Waals surface area contributed by atoms with Crippen LogP contribution in [0.15, 0.2) is 54.3 Å². The average molecular weight is 528 g/mol. The molecule has 0 aliphatic heterocycles. The normalized spacial score (nSPS) is 14.1. The van der Waals surface area contributed by atoms with Crippen LogP contribution in [0.25, 0.3) is 0 Å². The molecule has 2 aromatic rings. The number of rotatable bonds is 3. The van der Waals surface area contributed by atoms with Crippen molar-refractivity contribution in [1.29, 1.82) is 0 Å². The molecule has 2 unspecified atom stereocenters. The fourth-order valence-electron chi connectivity index (χ4n) is 1.95. The Hall–Kier alpha value is 0.280. The van der Waals surface area contributed by atoms with E-state index in [4.69, 9.17) is 11.5 Å². The molecule has 20 heavy (non-hydrogen) atoms. The zero-order valence-electron chi connectivity index (χ0n) is 10.3. The molecule has 0 bridgehead atoms. The Kier molecular flexibility index (Phi) is 5.85. The van der Waals surface area contributed by atoms with E-state index < -0.39 is 0 Å². The van der Waals surface area contributed by atoms with E-state index in [1.165, 1.54) is 0 Å².